The van der Waals surface area contributed by atoms with Crippen molar-refractivity contribution in [1.82, 2.24) is 4.90 Å². The molecule has 0 spiro atoms. The Balaban J connectivity index is 2.39. The fraction of sp³-hybridized carbons (Fsp3) is 0.818. The van der Waals surface area contributed by atoms with E-state index >= 15 is 0 Å². The van der Waals surface area contributed by atoms with Crippen LogP contribution in [0.3, 0.4) is 0 Å². The van der Waals surface area contributed by atoms with E-state index in [4.69, 9.17) is 0 Å². The number of piperidine rings is 1. The summed E-state index contributed by atoms with van der Waals surface area (Å²) in [6, 6.07) is 0. The van der Waals surface area contributed by atoms with Gasteiger partial charge >= 0.3 is 0 Å². The SMILES string of the molecule is CC(C)(C)N1CCC(/C=C/[N+](=O)[O-])CC1. The molecular weight excluding hydrogens is 192 g/mol. The summed E-state index contributed by atoms with van der Waals surface area (Å²) >= 11 is 0. The van der Waals surface area contributed by atoms with E-state index in [9.17, 15) is 10.1 Å². The van der Waals surface area contributed by atoms with E-state index in [0.29, 0.717) is 5.92 Å². The Bertz CT molecular complexity index is 248. The number of nitro groups is 1. The van der Waals surface area contributed by atoms with Gasteiger partial charge in [0.1, 0.15) is 0 Å². The first-order chi connectivity index (χ1) is 6.89. The number of likely N-dealkylation sites (tertiary alicyclic amines) is 1. The summed E-state index contributed by atoms with van der Waals surface area (Å²) in [6.07, 6.45) is 4.88. The van der Waals surface area contributed by atoms with Crippen LogP contribution in [-0.2, 0) is 0 Å². The van der Waals surface area contributed by atoms with E-state index in [2.05, 4.69) is 25.7 Å². The molecule has 1 saturated heterocycles. The number of hydrogen-bond acceptors (Lipinski definition) is 3. The molecule has 0 atom stereocenters. The Morgan fingerprint density at radius 3 is 2.27 bits per heavy atom. The van der Waals surface area contributed by atoms with E-state index in [-0.39, 0.29) is 10.5 Å². The zero-order chi connectivity index (χ0) is 11.5. The van der Waals surface area contributed by atoms with Crippen LogP contribution >= 0.6 is 0 Å². The van der Waals surface area contributed by atoms with Gasteiger partial charge in [-0.15, -0.1) is 0 Å². The maximum atomic E-state index is 10.2. The smallest absolute Gasteiger partial charge is 0.230 e. The van der Waals surface area contributed by atoms with Gasteiger partial charge in [-0.1, -0.05) is 0 Å². The molecule has 0 aliphatic carbocycles. The summed E-state index contributed by atoms with van der Waals surface area (Å²) in [4.78, 5) is 12.2. The summed E-state index contributed by atoms with van der Waals surface area (Å²) in [5.74, 6) is 0.383. The van der Waals surface area contributed by atoms with E-state index in [1.165, 1.54) is 0 Å². The van der Waals surface area contributed by atoms with E-state index in [1.807, 2.05) is 0 Å². The summed E-state index contributed by atoms with van der Waals surface area (Å²) in [6.45, 7) is 8.70. The highest BCUT2D eigenvalue weighted by atomic mass is 16.6. The van der Waals surface area contributed by atoms with Crippen molar-refractivity contribution in [3.8, 4) is 0 Å². The third-order valence-electron chi connectivity index (χ3n) is 2.97. The van der Waals surface area contributed by atoms with E-state index in [0.717, 1.165) is 32.1 Å². The van der Waals surface area contributed by atoms with Gasteiger partial charge in [-0.25, -0.2) is 0 Å². The number of allylic oxidation sites excluding steroid dienone is 1. The van der Waals surface area contributed by atoms with Crippen LogP contribution in [0.15, 0.2) is 12.3 Å². The zero-order valence-electron chi connectivity index (χ0n) is 9.77. The van der Waals surface area contributed by atoms with Gasteiger partial charge < -0.3 is 0 Å². The molecule has 15 heavy (non-hydrogen) atoms. The summed E-state index contributed by atoms with van der Waals surface area (Å²) < 4.78 is 0. The summed E-state index contributed by atoms with van der Waals surface area (Å²) in [7, 11) is 0. The first kappa shape index (κ1) is 12.2. The van der Waals surface area contributed by atoms with Gasteiger partial charge in [0.25, 0.3) is 0 Å². The number of hydrogen-bond donors (Lipinski definition) is 0. The summed E-state index contributed by atoms with van der Waals surface area (Å²) in [5.41, 5.74) is 0.220. The normalized spacial score (nSPS) is 21.0. The van der Waals surface area contributed by atoms with Gasteiger partial charge in [-0.2, -0.15) is 0 Å². The van der Waals surface area contributed by atoms with Crippen LogP contribution in [0, 0.1) is 16.0 Å². The average Bonchev–Trinajstić information content (AvgIpc) is 2.14. The van der Waals surface area contributed by atoms with Crippen molar-refractivity contribution < 1.29 is 4.92 Å². The van der Waals surface area contributed by atoms with Crippen LogP contribution in [0.2, 0.25) is 0 Å². The van der Waals surface area contributed by atoms with Crippen molar-refractivity contribution >= 4 is 0 Å². The zero-order valence-corrected chi connectivity index (χ0v) is 9.77. The highest BCUT2D eigenvalue weighted by molar-refractivity contribution is 4.89. The lowest BCUT2D eigenvalue weighted by molar-refractivity contribution is -0.402. The van der Waals surface area contributed by atoms with Crippen molar-refractivity contribution in [2.75, 3.05) is 13.1 Å². The monoisotopic (exact) mass is 212 g/mol. The average molecular weight is 212 g/mol. The van der Waals surface area contributed by atoms with Gasteiger partial charge in [0, 0.05) is 5.54 Å². The molecule has 4 heteroatoms. The van der Waals surface area contributed by atoms with Gasteiger partial charge in [0.15, 0.2) is 0 Å². The van der Waals surface area contributed by atoms with Crippen LogP contribution in [-0.4, -0.2) is 28.5 Å². The Morgan fingerprint density at radius 1 is 1.33 bits per heavy atom. The predicted molar refractivity (Wildman–Crippen MR) is 60.2 cm³/mol. The van der Waals surface area contributed by atoms with E-state index < -0.39 is 0 Å². The molecule has 4 nitrogen and oxygen atoms in total. The Labute approximate surface area is 91.1 Å². The fourth-order valence-electron chi connectivity index (χ4n) is 1.95. The molecule has 1 aliphatic heterocycles. The number of nitrogens with zero attached hydrogens (tertiary/aromatic N) is 2. The van der Waals surface area contributed by atoms with Gasteiger partial charge in [-0.3, -0.25) is 15.0 Å². The lowest BCUT2D eigenvalue weighted by Gasteiger charge is -2.40. The third kappa shape index (κ3) is 4.00. The molecule has 1 rings (SSSR count). The minimum atomic E-state index is -0.379. The van der Waals surface area contributed by atoms with Crippen LogP contribution in [0.5, 0.6) is 0 Å². The molecule has 0 aromatic carbocycles. The van der Waals surface area contributed by atoms with Gasteiger partial charge in [0.05, 0.1) is 4.92 Å². The first-order valence-corrected chi connectivity index (χ1v) is 5.46. The lowest BCUT2D eigenvalue weighted by atomic mass is 9.93. The second-order valence-electron chi connectivity index (χ2n) is 5.12. The molecule has 0 bridgehead atoms. The Morgan fingerprint density at radius 2 is 1.87 bits per heavy atom. The molecule has 0 radical (unpaired) electrons. The molecular formula is C11H20N2O2. The lowest BCUT2D eigenvalue weighted by Crippen LogP contribution is -2.45. The maximum Gasteiger partial charge on any atom is 0.230 e. The Hall–Kier alpha value is -0.900. The molecule has 1 aliphatic rings. The van der Waals surface area contributed by atoms with Crippen LogP contribution in [0.1, 0.15) is 33.6 Å². The second-order valence-corrected chi connectivity index (χ2v) is 5.12. The molecule has 0 unspecified atom stereocenters. The second kappa shape index (κ2) is 4.75. The summed E-state index contributed by atoms with van der Waals surface area (Å²) in [5, 5.41) is 10.2. The van der Waals surface area contributed by atoms with Gasteiger partial charge in [0.2, 0.25) is 6.20 Å². The van der Waals surface area contributed by atoms with Crippen molar-refractivity contribution in [2.45, 2.75) is 39.2 Å². The molecule has 0 saturated carbocycles. The van der Waals surface area contributed by atoms with Crippen LogP contribution in [0.4, 0.5) is 0 Å². The fourth-order valence-corrected chi connectivity index (χ4v) is 1.95. The molecule has 1 fully saturated rings. The topological polar surface area (TPSA) is 46.4 Å². The predicted octanol–water partition coefficient (Wildman–Crippen LogP) is 2.29. The Kier molecular flexibility index (Phi) is 3.85. The van der Waals surface area contributed by atoms with Crippen molar-refractivity contribution in [2.24, 2.45) is 5.92 Å². The third-order valence-corrected chi connectivity index (χ3v) is 2.97. The van der Waals surface area contributed by atoms with Crippen molar-refractivity contribution in [1.29, 1.82) is 0 Å². The van der Waals surface area contributed by atoms with Gasteiger partial charge in [-0.05, 0) is 58.7 Å². The minimum absolute atomic E-state index is 0.220. The number of rotatable bonds is 2. The molecule has 0 amide bonds. The molecule has 0 aromatic rings. The molecule has 0 aromatic heterocycles. The highest BCUT2D eigenvalue weighted by Crippen LogP contribution is 2.24. The van der Waals surface area contributed by atoms with Crippen LogP contribution < -0.4 is 0 Å². The van der Waals surface area contributed by atoms with Crippen molar-refractivity contribution in [3.63, 3.8) is 0 Å². The molecule has 0 N–H and O–H groups in total. The molecule has 86 valence electrons. The van der Waals surface area contributed by atoms with Crippen LogP contribution in [0.25, 0.3) is 0 Å². The van der Waals surface area contributed by atoms with Crippen molar-refractivity contribution in [3.05, 3.63) is 22.4 Å². The largest absolute Gasteiger partial charge is 0.298 e. The van der Waals surface area contributed by atoms with E-state index in [1.54, 1.807) is 6.08 Å². The maximum absolute atomic E-state index is 10.2. The molecule has 1 heterocycles. The quantitative estimate of drug-likeness (QED) is 0.521. The first-order valence-electron chi connectivity index (χ1n) is 5.46. The minimum Gasteiger partial charge on any atom is -0.298 e. The highest BCUT2D eigenvalue weighted by Gasteiger charge is 2.26. The standard InChI is InChI=1S/C11H20N2O2/c1-11(2,3)12-7-4-10(5-8-12)6-9-13(14)15/h6,9-10H,4-5,7-8H2,1-3H3/b9-6+.